The Morgan fingerprint density at radius 2 is 1.95 bits per heavy atom. The van der Waals surface area contributed by atoms with E-state index in [1.807, 2.05) is 0 Å². The number of para-hydroxylation sites is 1. The summed E-state index contributed by atoms with van der Waals surface area (Å²) in [6.45, 7) is -0.115. The third-order valence-electron chi connectivity index (χ3n) is 3.26. The molecular weight excluding hydrogens is 257 g/mol. The van der Waals surface area contributed by atoms with E-state index >= 15 is 0 Å². The van der Waals surface area contributed by atoms with Gasteiger partial charge in [-0.15, -0.1) is 0 Å². The summed E-state index contributed by atoms with van der Waals surface area (Å²) in [5.41, 5.74) is 6.39. The summed E-state index contributed by atoms with van der Waals surface area (Å²) in [7, 11) is 0. The minimum absolute atomic E-state index is 0.105. The summed E-state index contributed by atoms with van der Waals surface area (Å²) in [6, 6.07) is 4.87. The van der Waals surface area contributed by atoms with Gasteiger partial charge >= 0.3 is 6.18 Å². The number of rotatable bonds is 3. The number of carbonyl (C=O) groups excluding carboxylic acids is 1. The number of benzene rings is 1. The first kappa shape index (κ1) is 13.9. The fraction of sp³-hybridized carbons (Fsp3) is 0.462. The molecule has 0 saturated carbocycles. The molecule has 1 amide bonds. The van der Waals surface area contributed by atoms with Gasteiger partial charge in [0.1, 0.15) is 6.04 Å². The lowest BCUT2D eigenvalue weighted by molar-refractivity contribution is -0.155. The number of nitrogens with zero attached hydrogens (tertiary/aromatic N) is 1. The monoisotopic (exact) mass is 272 g/mol. The number of aryl methyl sites for hydroxylation is 1. The fourth-order valence-corrected chi connectivity index (χ4v) is 2.39. The van der Waals surface area contributed by atoms with E-state index in [-0.39, 0.29) is 19.4 Å². The lowest BCUT2D eigenvalue weighted by Gasteiger charge is -2.37. The minimum atomic E-state index is -4.47. The van der Waals surface area contributed by atoms with Crippen molar-refractivity contribution < 1.29 is 18.0 Å². The highest BCUT2D eigenvalue weighted by Crippen LogP contribution is 2.36. The first-order chi connectivity index (χ1) is 8.95. The van der Waals surface area contributed by atoms with E-state index in [9.17, 15) is 18.0 Å². The smallest absolute Gasteiger partial charge is 0.330 e. The molecule has 1 aromatic carbocycles. The second-order valence-electron chi connectivity index (χ2n) is 4.53. The number of carbonyl (C=O) groups is 1. The molecule has 6 heteroatoms. The Labute approximate surface area is 109 Å². The van der Waals surface area contributed by atoms with E-state index in [0.29, 0.717) is 12.1 Å². The summed E-state index contributed by atoms with van der Waals surface area (Å²) < 4.78 is 39.3. The molecule has 1 atom stereocenters. The second kappa shape index (κ2) is 5.21. The molecule has 1 aromatic rings. The lowest BCUT2D eigenvalue weighted by atomic mass is 9.98. The van der Waals surface area contributed by atoms with Crippen molar-refractivity contribution >= 4 is 11.6 Å². The Hall–Kier alpha value is -1.56. The molecule has 19 heavy (non-hydrogen) atoms. The van der Waals surface area contributed by atoms with Gasteiger partial charge in [-0.2, -0.15) is 13.2 Å². The molecule has 1 aliphatic heterocycles. The molecule has 0 radical (unpaired) electrons. The van der Waals surface area contributed by atoms with Crippen molar-refractivity contribution in [2.75, 3.05) is 11.4 Å². The highest BCUT2D eigenvalue weighted by Gasteiger charge is 2.46. The second-order valence-corrected chi connectivity index (χ2v) is 4.53. The van der Waals surface area contributed by atoms with Crippen LogP contribution >= 0.6 is 0 Å². The number of amides is 1. The van der Waals surface area contributed by atoms with Crippen LogP contribution in [0.1, 0.15) is 18.4 Å². The molecule has 2 N–H and O–H groups in total. The van der Waals surface area contributed by atoms with E-state index < -0.39 is 18.1 Å². The van der Waals surface area contributed by atoms with Crippen LogP contribution in [0.3, 0.4) is 0 Å². The van der Waals surface area contributed by atoms with Crippen LogP contribution in [-0.4, -0.2) is 24.7 Å². The van der Waals surface area contributed by atoms with Gasteiger partial charge in [0.2, 0.25) is 5.91 Å². The van der Waals surface area contributed by atoms with E-state index in [2.05, 4.69) is 0 Å². The highest BCUT2D eigenvalue weighted by molar-refractivity contribution is 5.97. The van der Waals surface area contributed by atoms with Crippen LogP contribution in [0, 0.1) is 0 Å². The molecule has 104 valence electrons. The number of hydrogen-bond acceptors (Lipinski definition) is 2. The predicted molar refractivity (Wildman–Crippen MR) is 65.8 cm³/mol. The van der Waals surface area contributed by atoms with Gasteiger partial charge in [-0.1, -0.05) is 18.2 Å². The molecule has 1 aliphatic rings. The molecule has 2 rings (SSSR count). The maximum absolute atomic E-state index is 13.1. The van der Waals surface area contributed by atoms with Crippen LogP contribution < -0.4 is 10.6 Å². The number of anilines is 1. The lowest BCUT2D eigenvalue weighted by Crippen LogP contribution is -2.51. The van der Waals surface area contributed by atoms with Crippen molar-refractivity contribution in [1.82, 2.24) is 0 Å². The quantitative estimate of drug-likeness (QED) is 0.917. The first-order valence-corrected chi connectivity index (χ1v) is 6.12. The van der Waals surface area contributed by atoms with Gasteiger partial charge in [0.25, 0.3) is 0 Å². The van der Waals surface area contributed by atoms with Gasteiger partial charge in [-0.05, 0) is 31.0 Å². The zero-order chi connectivity index (χ0) is 14.0. The number of nitrogens with two attached hydrogens (primary N) is 1. The van der Waals surface area contributed by atoms with Gasteiger partial charge in [-0.25, -0.2) is 0 Å². The number of hydrogen-bond donors (Lipinski definition) is 1. The average Bonchev–Trinajstić information content (AvgIpc) is 2.35. The molecule has 0 aromatic heterocycles. The van der Waals surface area contributed by atoms with Gasteiger partial charge in [0.05, 0.1) is 0 Å². The van der Waals surface area contributed by atoms with E-state index in [0.717, 1.165) is 10.5 Å². The molecule has 0 spiro atoms. The first-order valence-electron chi connectivity index (χ1n) is 6.12. The molecule has 1 unspecified atom stereocenters. The Morgan fingerprint density at radius 3 is 2.58 bits per heavy atom. The largest absolute Gasteiger partial charge is 0.409 e. The standard InChI is InChI=1S/C13H15F3N2O/c14-13(15,16)11(7-8-17)18-10-4-2-1-3-9(10)5-6-12(18)19/h1-4,11H,5-8,17H2. The maximum Gasteiger partial charge on any atom is 0.409 e. The van der Waals surface area contributed by atoms with Crippen molar-refractivity contribution in [3.8, 4) is 0 Å². The van der Waals surface area contributed by atoms with Gasteiger partial charge in [0, 0.05) is 12.1 Å². The van der Waals surface area contributed by atoms with E-state index in [1.54, 1.807) is 24.3 Å². The Balaban J connectivity index is 2.43. The normalized spacial score (nSPS) is 17.3. The van der Waals surface area contributed by atoms with Gasteiger partial charge < -0.3 is 5.73 Å². The number of alkyl halides is 3. The van der Waals surface area contributed by atoms with E-state index in [1.165, 1.54) is 0 Å². The summed E-state index contributed by atoms with van der Waals surface area (Å²) in [5, 5.41) is 0. The van der Waals surface area contributed by atoms with Crippen LogP contribution in [-0.2, 0) is 11.2 Å². The molecule has 0 bridgehead atoms. The molecular formula is C13H15F3N2O. The molecule has 0 aliphatic carbocycles. The summed E-state index contributed by atoms with van der Waals surface area (Å²) in [6.07, 6.45) is -4.17. The Morgan fingerprint density at radius 1 is 1.26 bits per heavy atom. The SMILES string of the molecule is NCCC(N1C(=O)CCc2ccccc21)C(F)(F)F. The van der Waals surface area contributed by atoms with Crippen molar-refractivity contribution in [3.63, 3.8) is 0 Å². The average molecular weight is 272 g/mol. The number of halogens is 3. The zero-order valence-electron chi connectivity index (χ0n) is 10.3. The third-order valence-corrected chi connectivity index (χ3v) is 3.26. The summed E-state index contributed by atoms with van der Waals surface area (Å²) >= 11 is 0. The van der Waals surface area contributed by atoms with Crippen LogP contribution in [0.2, 0.25) is 0 Å². The van der Waals surface area contributed by atoms with Crippen molar-refractivity contribution in [1.29, 1.82) is 0 Å². The van der Waals surface area contributed by atoms with Gasteiger partial charge in [0.15, 0.2) is 0 Å². The Bertz CT molecular complexity index is 473. The summed E-state index contributed by atoms with van der Waals surface area (Å²) in [5.74, 6) is -0.491. The van der Waals surface area contributed by atoms with Crippen LogP contribution in [0.5, 0.6) is 0 Å². The minimum Gasteiger partial charge on any atom is -0.330 e. The number of fused-ring (bicyclic) bond motifs is 1. The van der Waals surface area contributed by atoms with Crippen LogP contribution in [0.4, 0.5) is 18.9 Å². The molecule has 1 heterocycles. The topological polar surface area (TPSA) is 46.3 Å². The maximum atomic E-state index is 13.1. The molecule has 3 nitrogen and oxygen atoms in total. The summed E-state index contributed by atoms with van der Waals surface area (Å²) in [4.78, 5) is 12.8. The van der Waals surface area contributed by atoms with Crippen molar-refractivity contribution in [3.05, 3.63) is 29.8 Å². The predicted octanol–water partition coefficient (Wildman–Crippen LogP) is 2.25. The highest BCUT2D eigenvalue weighted by atomic mass is 19.4. The Kier molecular flexibility index (Phi) is 3.80. The fourth-order valence-electron chi connectivity index (χ4n) is 2.39. The van der Waals surface area contributed by atoms with Gasteiger partial charge in [-0.3, -0.25) is 9.69 Å². The molecule has 0 saturated heterocycles. The van der Waals surface area contributed by atoms with E-state index in [4.69, 9.17) is 5.73 Å². The zero-order valence-corrected chi connectivity index (χ0v) is 10.3. The molecule has 0 fully saturated rings. The van der Waals surface area contributed by atoms with Crippen molar-refractivity contribution in [2.45, 2.75) is 31.5 Å². The third kappa shape index (κ3) is 2.73. The van der Waals surface area contributed by atoms with Crippen LogP contribution in [0.15, 0.2) is 24.3 Å². The van der Waals surface area contributed by atoms with Crippen LogP contribution in [0.25, 0.3) is 0 Å². The van der Waals surface area contributed by atoms with Crippen molar-refractivity contribution in [2.24, 2.45) is 5.73 Å².